The predicted molar refractivity (Wildman–Crippen MR) is 44.9 cm³/mol. The van der Waals surface area contributed by atoms with Crippen molar-refractivity contribution in [3.63, 3.8) is 0 Å². The van der Waals surface area contributed by atoms with Crippen LogP contribution in [0.25, 0.3) is 0 Å². The van der Waals surface area contributed by atoms with Crippen LogP contribution in [0.1, 0.15) is 25.3 Å². The third-order valence-electron chi connectivity index (χ3n) is 1.70. The molecule has 0 aromatic heterocycles. The molecule has 0 aliphatic rings. The summed E-state index contributed by atoms with van der Waals surface area (Å²) in [6, 6.07) is 1.99. The lowest BCUT2D eigenvalue weighted by molar-refractivity contribution is 0.567. The zero-order valence-electron chi connectivity index (χ0n) is 7.07. The highest BCUT2D eigenvalue weighted by molar-refractivity contribution is 5.49. The van der Waals surface area contributed by atoms with E-state index in [0.29, 0.717) is 5.56 Å². The average molecular weight is 171 g/mol. The number of rotatable bonds is 1. The highest BCUT2D eigenvalue weighted by Gasteiger charge is 2.11. The lowest BCUT2D eigenvalue weighted by Gasteiger charge is -2.10. The van der Waals surface area contributed by atoms with Gasteiger partial charge in [-0.3, -0.25) is 0 Å². The first-order valence-electron chi connectivity index (χ1n) is 3.76. The molecular formula is C9H11F2N. The van der Waals surface area contributed by atoms with Crippen LogP contribution >= 0.6 is 0 Å². The van der Waals surface area contributed by atoms with E-state index in [0.717, 1.165) is 12.1 Å². The van der Waals surface area contributed by atoms with Crippen molar-refractivity contribution >= 4 is 5.69 Å². The monoisotopic (exact) mass is 171 g/mol. The molecule has 0 radical (unpaired) electrons. The molecular weight excluding hydrogens is 160 g/mol. The molecule has 0 aliphatic heterocycles. The van der Waals surface area contributed by atoms with Gasteiger partial charge in [-0.25, -0.2) is 8.78 Å². The minimum Gasteiger partial charge on any atom is -0.398 e. The molecule has 0 fully saturated rings. The normalized spacial score (nSPS) is 10.8. The summed E-state index contributed by atoms with van der Waals surface area (Å²) in [4.78, 5) is 0. The summed E-state index contributed by atoms with van der Waals surface area (Å²) >= 11 is 0. The van der Waals surface area contributed by atoms with E-state index in [4.69, 9.17) is 5.73 Å². The number of nitrogens with two attached hydrogens (primary N) is 1. The smallest absolute Gasteiger partial charge is 0.131 e. The number of hydrogen-bond donors (Lipinski definition) is 1. The van der Waals surface area contributed by atoms with Crippen molar-refractivity contribution in [3.05, 3.63) is 29.3 Å². The molecule has 1 aromatic carbocycles. The maximum atomic E-state index is 13.0. The number of benzene rings is 1. The standard InChI is InChI=1S/C9H11F2N/c1-5(2)9-7(11)3-6(10)4-8(9)12/h3-5H,12H2,1-2H3. The number of hydrogen-bond acceptors (Lipinski definition) is 1. The zero-order chi connectivity index (χ0) is 9.30. The Bertz CT molecular complexity index is 272. The Hall–Kier alpha value is -1.12. The van der Waals surface area contributed by atoms with Gasteiger partial charge in [-0.2, -0.15) is 0 Å². The largest absolute Gasteiger partial charge is 0.398 e. The Morgan fingerprint density at radius 2 is 1.83 bits per heavy atom. The summed E-state index contributed by atoms with van der Waals surface area (Å²) in [6.45, 7) is 3.62. The first kappa shape index (κ1) is 8.97. The van der Waals surface area contributed by atoms with Gasteiger partial charge in [-0.1, -0.05) is 13.8 Å². The van der Waals surface area contributed by atoms with Crippen molar-refractivity contribution in [3.8, 4) is 0 Å². The van der Waals surface area contributed by atoms with Crippen molar-refractivity contribution in [2.24, 2.45) is 0 Å². The van der Waals surface area contributed by atoms with Crippen LogP contribution in [0.2, 0.25) is 0 Å². The first-order valence-corrected chi connectivity index (χ1v) is 3.76. The van der Waals surface area contributed by atoms with E-state index in [1.54, 1.807) is 0 Å². The fourth-order valence-corrected chi connectivity index (χ4v) is 1.21. The van der Waals surface area contributed by atoms with Gasteiger partial charge in [0, 0.05) is 17.3 Å². The second-order valence-corrected chi connectivity index (χ2v) is 3.05. The number of anilines is 1. The summed E-state index contributed by atoms with van der Waals surface area (Å²) in [5.74, 6) is -1.22. The van der Waals surface area contributed by atoms with Crippen LogP contribution in [0.4, 0.5) is 14.5 Å². The number of halogens is 2. The Labute approximate surface area is 70.2 Å². The minimum atomic E-state index is -0.630. The van der Waals surface area contributed by atoms with Gasteiger partial charge in [0.2, 0.25) is 0 Å². The SMILES string of the molecule is CC(C)c1c(N)cc(F)cc1F. The Morgan fingerprint density at radius 1 is 1.25 bits per heavy atom. The lowest BCUT2D eigenvalue weighted by Crippen LogP contribution is -2.01. The van der Waals surface area contributed by atoms with E-state index < -0.39 is 11.6 Å². The van der Waals surface area contributed by atoms with Crippen LogP contribution in [0.3, 0.4) is 0 Å². The number of nitrogen functional groups attached to an aromatic ring is 1. The predicted octanol–water partition coefficient (Wildman–Crippen LogP) is 2.67. The molecule has 0 atom stereocenters. The van der Waals surface area contributed by atoms with Crippen LogP contribution < -0.4 is 5.73 Å². The van der Waals surface area contributed by atoms with Crippen molar-refractivity contribution in [1.29, 1.82) is 0 Å². The fourth-order valence-electron chi connectivity index (χ4n) is 1.21. The molecule has 1 nitrogen and oxygen atoms in total. The third-order valence-corrected chi connectivity index (χ3v) is 1.70. The maximum absolute atomic E-state index is 13.0. The molecule has 1 aromatic rings. The van der Waals surface area contributed by atoms with Crippen LogP contribution in [-0.4, -0.2) is 0 Å². The van der Waals surface area contributed by atoms with E-state index in [9.17, 15) is 8.78 Å². The van der Waals surface area contributed by atoms with Gasteiger partial charge >= 0.3 is 0 Å². The van der Waals surface area contributed by atoms with Crippen molar-refractivity contribution in [1.82, 2.24) is 0 Å². The van der Waals surface area contributed by atoms with Crippen LogP contribution in [-0.2, 0) is 0 Å². The fraction of sp³-hybridized carbons (Fsp3) is 0.333. The van der Waals surface area contributed by atoms with E-state index >= 15 is 0 Å². The average Bonchev–Trinajstić information content (AvgIpc) is 1.82. The van der Waals surface area contributed by atoms with Crippen LogP contribution in [0.15, 0.2) is 12.1 Å². The molecule has 0 unspecified atom stereocenters. The second-order valence-electron chi connectivity index (χ2n) is 3.05. The van der Waals surface area contributed by atoms with Gasteiger partial charge in [0.05, 0.1) is 0 Å². The molecule has 66 valence electrons. The Balaban J connectivity index is 3.28. The van der Waals surface area contributed by atoms with Gasteiger partial charge in [0.25, 0.3) is 0 Å². The summed E-state index contributed by atoms with van der Waals surface area (Å²) in [7, 11) is 0. The molecule has 0 spiro atoms. The van der Waals surface area contributed by atoms with E-state index in [1.807, 2.05) is 13.8 Å². The maximum Gasteiger partial charge on any atom is 0.131 e. The Morgan fingerprint density at radius 3 is 2.25 bits per heavy atom. The highest BCUT2D eigenvalue weighted by atomic mass is 19.1. The molecule has 12 heavy (non-hydrogen) atoms. The topological polar surface area (TPSA) is 26.0 Å². The van der Waals surface area contributed by atoms with Gasteiger partial charge < -0.3 is 5.73 Å². The molecule has 0 heterocycles. The van der Waals surface area contributed by atoms with Crippen molar-refractivity contribution < 1.29 is 8.78 Å². The molecule has 0 saturated carbocycles. The highest BCUT2D eigenvalue weighted by Crippen LogP contribution is 2.25. The summed E-state index contributed by atoms with van der Waals surface area (Å²) in [6.07, 6.45) is 0. The quantitative estimate of drug-likeness (QED) is 0.646. The summed E-state index contributed by atoms with van der Waals surface area (Å²) in [5, 5.41) is 0. The van der Waals surface area contributed by atoms with Crippen LogP contribution in [0.5, 0.6) is 0 Å². The lowest BCUT2D eigenvalue weighted by atomic mass is 10.0. The van der Waals surface area contributed by atoms with E-state index in [-0.39, 0.29) is 11.6 Å². The molecule has 0 amide bonds. The van der Waals surface area contributed by atoms with Crippen molar-refractivity contribution in [2.45, 2.75) is 19.8 Å². The second kappa shape index (κ2) is 3.09. The van der Waals surface area contributed by atoms with Gasteiger partial charge in [0.15, 0.2) is 0 Å². The van der Waals surface area contributed by atoms with Crippen LogP contribution in [0, 0.1) is 11.6 Å². The Kier molecular flexibility index (Phi) is 2.31. The van der Waals surface area contributed by atoms with E-state index in [2.05, 4.69) is 0 Å². The summed E-state index contributed by atoms with van der Waals surface area (Å²) < 4.78 is 25.6. The van der Waals surface area contributed by atoms with Gasteiger partial charge in [0.1, 0.15) is 11.6 Å². The van der Waals surface area contributed by atoms with Gasteiger partial charge in [-0.05, 0) is 12.0 Å². The first-order chi connectivity index (χ1) is 5.52. The zero-order valence-corrected chi connectivity index (χ0v) is 7.07. The van der Waals surface area contributed by atoms with Crippen molar-refractivity contribution in [2.75, 3.05) is 5.73 Å². The molecule has 2 N–H and O–H groups in total. The molecule has 0 aliphatic carbocycles. The van der Waals surface area contributed by atoms with E-state index in [1.165, 1.54) is 0 Å². The van der Waals surface area contributed by atoms with Gasteiger partial charge in [-0.15, -0.1) is 0 Å². The molecule has 0 bridgehead atoms. The molecule has 1 rings (SSSR count). The summed E-state index contributed by atoms with van der Waals surface area (Å²) in [5.41, 5.74) is 6.01. The minimum absolute atomic E-state index is 0.0226. The third kappa shape index (κ3) is 1.55. The molecule has 3 heteroatoms. The molecule has 0 saturated heterocycles.